The van der Waals surface area contributed by atoms with Crippen LogP contribution in [0.15, 0.2) is 146 Å². The number of halogens is 15. The third-order valence-electron chi connectivity index (χ3n) is 20.4. The number of hydrogen-bond donors (Lipinski definition) is 5. The molecule has 0 spiro atoms. The van der Waals surface area contributed by atoms with Gasteiger partial charge in [-0.25, -0.2) is 58.6 Å². The van der Waals surface area contributed by atoms with Crippen molar-refractivity contribution in [2.45, 2.75) is 214 Å². The molecule has 42 heteroatoms. The third-order valence-corrected chi connectivity index (χ3v) is 20.7. The van der Waals surface area contributed by atoms with Gasteiger partial charge in [0.1, 0.15) is 33.3 Å². The number of carbonyl (C=O) groups is 5. The number of pyridine rings is 5. The lowest BCUT2D eigenvalue weighted by molar-refractivity contribution is -0.276. The number of imidazole rings is 5. The predicted octanol–water partition coefficient (Wildman–Crippen LogP) is 24.5. The summed E-state index contributed by atoms with van der Waals surface area (Å²) in [6, 6.07) is 35.6. The molecule has 5 amide bonds. The Morgan fingerprint density at radius 1 is 0.355 bits per heavy atom. The summed E-state index contributed by atoms with van der Waals surface area (Å²) in [5.41, 5.74) is 6.37. The summed E-state index contributed by atoms with van der Waals surface area (Å²) in [7, 11) is 0. The molecule has 138 heavy (non-hydrogen) atoms. The number of aryl methyl sites for hydroxylation is 5. The van der Waals surface area contributed by atoms with Gasteiger partial charge in [0.2, 0.25) is 59.3 Å². The molecule has 5 N–H and O–H groups in total. The summed E-state index contributed by atoms with van der Waals surface area (Å²) in [6.07, 6.45) is -15.5. The summed E-state index contributed by atoms with van der Waals surface area (Å²) in [6.45, 7) is 34.4. The lowest BCUT2D eigenvalue weighted by Gasteiger charge is -2.29. The van der Waals surface area contributed by atoms with Gasteiger partial charge in [-0.15, -0.1) is 26.3 Å². The molecule has 10 aromatic heterocycles. The second-order valence-corrected chi connectivity index (χ2v) is 39.0. The lowest BCUT2D eigenvalue weighted by atomic mass is 9.88. The van der Waals surface area contributed by atoms with E-state index < -0.39 is 71.5 Å². The zero-order chi connectivity index (χ0) is 102. The Morgan fingerprint density at radius 2 is 0.674 bits per heavy atom. The zero-order valence-corrected chi connectivity index (χ0v) is 79.6. The summed E-state index contributed by atoms with van der Waals surface area (Å²) in [4.78, 5) is 106. The van der Waals surface area contributed by atoms with Crippen molar-refractivity contribution in [2.75, 3.05) is 26.6 Å². The van der Waals surface area contributed by atoms with Crippen molar-refractivity contribution in [3.05, 3.63) is 196 Å². The number of carbonyl (C=O) groups excluding carboxylic acids is 5. The van der Waals surface area contributed by atoms with Crippen LogP contribution in [0.3, 0.4) is 0 Å². The molecular weight excluding hydrogens is 1850 g/mol. The molecule has 0 radical (unpaired) electrons. The molecule has 0 aliphatic heterocycles. The van der Waals surface area contributed by atoms with Gasteiger partial charge in [-0.1, -0.05) is 109 Å². The first-order valence-corrected chi connectivity index (χ1v) is 43.7. The van der Waals surface area contributed by atoms with E-state index in [1.54, 1.807) is 73.9 Å². The topological polar surface area (TPSA) is 318 Å². The number of fused-ring (bicyclic) bond motifs is 5. The largest absolute Gasteiger partial charge is 0.573 e. The van der Waals surface area contributed by atoms with Gasteiger partial charge in [0, 0.05) is 83.8 Å². The van der Waals surface area contributed by atoms with Gasteiger partial charge in [-0.3, -0.25) is 73.4 Å². The first-order valence-electron chi connectivity index (χ1n) is 43.3. The molecule has 4 aromatic carbocycles. The van der Waals surface area contributed by atoms with Crippen molar-refractivity contribution in [3.8, 4) is 34.2 Å². The molecule has 0 bridgehead atoms. The fourth-order valence-electron chi connectivity index (χ4n) is 14.0. The van der Waals surface area contributed by atoms with E-state index in [0.717, 1.165) is 97.8 Å². The van der Waals surface area contributed by atoms with E-state index in [0.29, 0.717) is 85.2 Å². The first-order chi connectivity index (χ1) is 63.9. The van der Waals surface area contributed by atoms with Crippen LogP contribution in [0.2, 0.25) is 5.02 Å². The van der Waals surface area contributed by atoms with E-state index in [1.165, 1.54) is 27.3 Å². The van der Waals surface area contributed by atoms with Gasteiger partial charge in [-0.2, -0.15) is 26.3 Å². The van der Waals surface area contributed by atoms with Crippen LogP contribution in [-0.2, 0) is 30.1 Å². The van der Waals surface area contributed by atoms with E-state index in [9.17, 15) is 85.4 Å². The number of amides is 5. The van der Waals surface area contributed by atoms with Gasteiger partial charge in [-0.05, 0) is 209 Å². The van der Waals surface area contributed by atoms with Crippen LogP contribution >= 0.6 is 11.6 Å². The predicted molar refractivity (Wildman–Crippen MR) is 497 cm³/mol. The van der Waals surface area contributed by atoms with Crippen LogP contribution in [0.4, 0.5) is 91.2 Å². The van der Waals surface area contributed by atoms with Crippen molar-refractivity contribution >= 4 is 127 Å². The lowest BCUT2D eigenvalue weighted by Crippen LogP contribution is -2.36. The minimum absolute atomic E-state index is 0.0146. The Kier molecular flexibility index (Phi) is 31.0. The Hall–Kier alpha value is -13.8. The van der Waals surface area contributed by atoms with Crippen molar-refractivity contribution in [1.82, 2.24) is 72.7 Å². The highest BCUT2D eigenvalue weighted by molar-refractivity contribution is 6.30. The minimum atomic E-state index is -5.02. The van der Waals surface area contributed by atoms with Crippen molar-refractivity contribution < 1.29 is 94.9 Å². The fraction of sp³-hybridized carbons (Fsp3) is 0.385. The molecule has 1 saturated carbocycles. The highest BCUT2D eigenvalue weighted by Gasteiger charge is 2.49. The minimum Gasteiger partial charge on any atom is -0.406 e. The van der Waals surface area contributed by atoms with Crippen LogP contribution in [0.5, 0.6) is 11.5 Å². The molecule has 734 valence electrons. The highest BCUT2D eigenvalue weighted by Crippen LogP contribution is 2.43. The second-order valence-electron chi connectivity index (χ2n) is 38.5. The van der Waals surface area contributed by atoms with E-state index >= 15 is 0 Å². The van der Waals surface area contributed by atoms with Gasteiger partial charge < -0.3 is 9.47 Å². The number of anilines is 5. The maximum atomic E-state index is 14.8. The van der Waals surface area contributed by atoms with E-state index in [2.05, 4.69) is 85.9 Å². The second kappa shape index (κ2) is 40.9. The maximum absolute atomic E-state index is 14.8. The SMILES string of the molecule is Cc1ccc2nc(NC(=O)CC(C)(C)C(F)(F)F)n(C3CCC3)c2n1.Cc1ccc2nc(NC(=O)CC(C)(C)C)n(-c3ccc(C(F)(F)F)cc3)c2n1.Cc1ccc2nc(NC(=O)CC(C)(C)C)n(-c3ccc(Cl)cc3)c2n1.Cc1ccc2nc(NC(=O)CC(C)(C)C)n(-c3ccc(OC(F)(F)F)c(F)c3)c2n1.Cc1ccc2nc(NC(=O)CC(C)(C)C)n(-c3ccc(OC(F)(F)F)cc3F)c2n1. The molecule has 1 aliphatic carbocycles. The van der Waals surface area contributed by atoms with Crippen LogP contribution in [0.25, 0.3) is 78.6 Å². The standard InChI is InChI=1S/2C20H20F4N4O2.C20H21F3N4O.C19H21ClN4O.C17H21F3N4O/c1-11-5-7-14-17(25-11)28(18(26-14)27-16(29)10-19(2,3)4)15-8-6-12(9-13(15)21)30-20(22,23)24;1-11-5-7-14-17(25-11)28(18(26-14)27-16(29)10-19(2,3)4)12-6-8-15(13(21)9-12)30-20(22,23)24;1-12-5-10-15-17(24-12)27(14-8-6-13(7-9-14)20(21,22)23)18(25-15)26-16(28)11-19(2,3)4;1-12-5-10-15-17(21-12)24(14-8-6-13(20)7-9-14)18(22-15)23-16(25)11-19(2,3)4;1-10-7-8-12-14(21-10)24(11-5-4-6-11)15(22-12)23-13(25)9-16(2,3)17(18,19)20/h2*5-9H,10H2,1-4H3,(H,26,27,29);5-10H,11H2,1-4H3,(H,25,26,28);5-10H,11H2,1-4H3,(H,22,23,25);7-8,11H,4-6,9H2,1-3H3,(H,22,23,25). The van der Waals surface area contributed by atoms with Crippen LogP contribution in [0, 0.1) is 73.3 Å². The Labute approximate surface area is 788 Å². The normalized spacial score (nSPS) is 12.9. The quantitative estimate of drug-likeness (QED) is 0.0498. The van der Waals surface area contributed by atoms with Crippen molar-refractivity contribution in [2.24, 2.45) is 27.1 Å². The number of ether oxygens (including phenoxy) is 2. The zero-order valence-electron chi connectivity index (χ0n) is 78.8. The molecule has 27 nitrogen and oxygen atoms in total. The Morgan fingerprint density at radius 3 is 1.01 bits per heavy atom. The van der Waals surface area contributed by atoms with Gasteiger partial charge in [0.15, 0.2) is 45.6 Å². The number of nitrogens with one attached hydrogen (secondary N) is 5. The van der Waals surface area contributed by atoms with Crippen molar-refractivity contribution in [1.29, 1.82) is 0 Å². The first kappa shape index (κ1) is 105. The fourth-order valence-corrected chi connectivity index (χ4v) is 14.1. The summed E-state index contributed by atoms with van der Waals surface area (Å²) >= 11 is 6.00. The number of benzene rings is 4. The molecule has 0 saturated heterocycles. The summed E-state index contributed by atoms with van der Waals surface area (Å²) < 4.78 is 197. The molecule has 1 fully saturated rings. The van der Waals surface area contributed by atoms with E-state index in [1.807, 2.05) is 142 Å². The molecule has 10 heterocycles. The molecule has 0 atom stereocenters. The van der Waals surface area contributed by atoms with Gasteiger partial charge >= 0.3 is 25.1 Å². The average Bonchev–Trinajstić information content (AvgIpc) is 1.60. The highest BCUT2D eigenvalue weighted by atomic mass is 35.5. The average molecular weight is 1950 g/mol. The molecule has 0 unspecified atom stereocenters. The summed E-state index contributed by atoms with van der Waals surface area (Å²) in [5.74, 6) is -4.46. The molecule has 15 rings (SSSR count). The number of alkyl halides is 12. The van der Waals surface area contributed by atoms with Crippen LogP contribution < -0.4 is 36.1 Å². The van der Waals surface area contributed by atoms with Gasteiger partial charge in [0.05, 0.1) is 33.7 Å². The van der Waals surface area contributed by atoms with Crippen LogP contribution in [0.1, 0.15) is 188 Å². The monoisotopic (exact) mass is 1950 g/mol. The van der Waals surface area contributed by atoms with Crippen molar-refractivity contribution in [3.63, 3.8) is 0 Å². The van der Waals surface area contributed by atoms with Crippen LogP contribution in [-0.4, -0.2) is 121 Å². The van der Waals surface area contributed by atoms with E-state index in [-0.39, 0.29) is 111 Å². The molecule has 1 aliphatic rings. The number of nitrogens with zero attached hydrogens (tertiary/aromatic N) is 15. The molecular formula is C96H103ClF14N20O7. The Bertz CT molecular complexity index is 6830. The maximum Gasteiger partial charge on any atom is 0.573 e. The van der Waals surface area contributed by atoms with Gasteiger partial charge in [0.25, 0.3) is 0 Å². The van der Waals surface area contributed by atoms with E-state index in [4.69, 9.17) is 11.6 Å². The Balaban J connectivity index is 0.000000166. The smallest absolute Gasteiger partial charge is 0.406 e. The summed E-state index contributed by atoms with van der Waals surface area (Å²) in [5, 5.41) is 14.3. The number of hydrogen-bond acceptors (Lipinski definition) is 17. The number of rotatable bonds is 18. The molecule has 14 aromatic rings. The number of aromatic nitrogens is 15. The third kappa shape index (κ3) is 28.0.